The average molecular weight is 208 g/mol. The van der Waals surface area contributed by atoms with Crippen molar-refractivity contribution in [3.8, 4) is 0 Å². The van der Waals surface area contributed by atoms with Crippen LogP contribution in [-0.4, -0.2) is 16.0 Å². The fourth-order valence-corrected chi connectivity index (χ4v) is 1.73. The molecule has 4 nitrogen and oxygen atoms in total. The number of rotatable bonds is 5. The number of nitrogens with one attached hydrogen (secondary N) is 2. The Balaban J connectivity index is 2.89. The van der Waals surface area contributed by atoms with Crippen molar-refractivity contribution in [2.75, 3.05) is 0 Å². The van der Waals surface area contributed by atoms with Gasteiger partial charge < -0.3 is 5.73 Å². The first kappa shape index (κ1) is 11.8. The number of aryl methyl sites for hydroxylation is 1. The van der Waals surface area contributed by atoms with Gasteiger partial charge in [0.2, 0.25) is 0 Å². The number of nitrogens with zero attached hydrogens (tertiary/aromatic N) is 1. The molecule has 0 spiro atoms. The van der Waals surface area contributed by atoms with Crippen LogP contribution in [0.15, 0.2) is 0 Å². The Morgan fingerprint density at radius 3 is 2.67 bits per heavy atom. The summed E-state index contributed by atoms with van der Waals surface area (Å²) < 4.78 is 0. The Labute approximate surface area is 90.8 Å². The predicted molar refractivity (Wildman–Crippen MR) is 62.3 cm³/mol. The van der Waals surface area contributed by atoms with E-state index in [0.717, 1.165) is 18.5 Å². The molecule has 0 radical (unpaired) electrons. The van der Waals surface area contributed by atoms with E-state index in [-0.39, 0.29) is 5.84 Å². The number of hydrogen-bond acceptors (Lipinski definition) is 2. The first-order chi connectivity index (χ1) is 7.06. The lowest BCUT2D eigenvalue weighted by Crippen LogP contribution is -2.11. The van der Waals surface area contributed by atoms with E-state index in [9.17, 15) is 0 Å². The zero-order valence-corrected chi connectivity index (χ0v) is 9.72. The van der Waals surface area contributed by atoms with Gasteiger partial charge in [-0.1, -0.05) is 20.8 Å². The number of aromatic nitrogens is 2. The first-order valence-corrected chi connectivity index (χ1v) is 5.45. The van der Waals surface area contributed by atoms with Gasteiger partial charge in [0.15, 0.2) is 0 Å². The SMILES string of the molecule is CCc1[nH]nc(C(C)C)c1CCC(=N)N. The second-order valence-corrected chi connectivity index (χ2v) is 4.10. The van der Waals surface area contributed by atoms with Crippen LogP contribution in [0.2, 0.25) is 0 Å². The molecule has 0 saturated heterocycles. The molecule has 15 heavy (non-hydrogen) atoms. The van der Waals surface area contributed by atoms with E-state index < -0.39 is 0 Å². The highest BCUT2D eigenvalue weighted by atomic mass is 15.1. The molecule has 0 aliphatic rings. The Morgan fingerprint density at radius 2 is 2.20 bits per heavy atom. The topological polar surface area (TPSA) is 78.5 Å². The summed E-state index contributed by atoms with van der Waals surface area (Å²) in [4.78, 5) is 0. The summed E-state index contributed by atoms with van der Waals surface area (Å²) >= 11 is 0. The maximum absolute atomic E-state index is 7.25. The number of hydrogen-bond donors (Lipinski definition) is 3. The zero-order valence-electron chi connectivity index (χ0n) is 9.72. The van der Waals surface area contributed by atoms with Crippen molar-refractivity contribution in [1.29, 1.82) is 5.41 Å². The fourth-order valence-electron chi connectivity index (χ4n) is 1.73. The highest BCUT2D eigenvalue weighted by molar-refractivity contribution is 5.77. The Morgan fingerprint density at radius 1 is 1.53 bits per heavy atom. The molecule has 0 amide bonds. The molecule has 1 aromatic rings. The van der Waals surface area contributed by atoms with E-state index in [0.29, 0.717) is 12.3 Å². The van der Waals surface area contributed by atoms with Crippen LogP contribution in [0.3, 0.4) is 0 Å². The molecule has 1 rings (SSSR count). The third-order valence-electron chi connectivity index (χ3n) is 2.53. The molecule has 0 atom stereocenters. The lowest BCUT2D eigenvalue weighted by atomic mass is 9.99. The highest BCUT2D eigenvalue weighted by Crippen LogP contribution is 2.21. The van der Waals surface area contributed by atoms with Crippen LogP contribution < -0.4 is 5.73 Å². The minimum Gasteiger partial charge on any atom is -0.388 e. The molecule has 0 aliphatic heterocycles. The van der Waals surface area contributed by atoms with Crippen molar-refractivity contribution >= 4 is 5.84 Å². The van der Waals surface area contributed by atoms with Gasteiger partial charge in [0.1, 0.15) is 0 Å². The summed E-state index contributed by atoms with van der Waals surface area (Å²) in [7, 11) is 0. The normalized spacial score (nSPS) is 10.9. The molecule has 0 aliphatic carbocycles. The number of H-pyrrole nitrogens is 1. The summed E-state index contributed by atoms with van der Waals surface area (Å²) in [6.07, 6.45) is 2.39. The second kappa shape index (κ2) is 4.96. The van der Waals surface area contributed by atoms with Crippen molar-refractivity contribution < 1.29 is 0 Å². The molecular formula is C11H20N4. The van der Waals surface area contributed by atoms with Gasteiger partial charge in [-0.15, -0.1) is 0 Å². The molecule has 0 fully saturated rings. The van der Waals surface area contributed by atoms with Gasteiger partial charge in [0, 0.05) is 12.1 Å². The van der Waals surface area contributed by atoms with Gasteiger partial charge in [-0.25, -0.2) is 0 Å². The third kappa shape index (κ3) is 2.81. The minimum atomic E-state index is 0.243. The smallest absolute Gasteiger partial charge is 0.0908 e. The second-order valence-electron chi connectivity index (χ2n) is 4.10. The summed E-state index contributed by atoms with van der Waals surface area (Å²) in [5.41, 5.74) is 8.93. The van der Waals surface area contributed by atoms with E-state index in [4.69, 9.17) is 11.1 Å². The number of aromatic amines is 1. The predicted octanol–water partition coefficient (Wildman–Crippen LogP) is 1.96. The molecule has 4 heteroatoms. The van der Waals surface area contributed by atoms with E-state index >= 15 is 0 Å². The Bertz CT molecular complexity index is 338. The Kier molecular flexibility index (Phi) is 3.88. The van der Waals surface area contributed by atoms with Crippen LogP contribution in [0.5, 0.6) is 0 Å². The molecule has 0 saturated carbocycles. The van der Waals surface area contributed by atoms with Crippen molar-refractivity contribution in [3.05, 3.63) is 17.0 Å². The molecular weight excluding hydrogens is 188 g/mol. The van der Waals surface area contributed by atoms with Crippen LogP contribution in [0, 0.1) is 5.41 Å². The highest BCUT2D eigenvalue weighted by Gasteiger charge is 2.14. The van der Waals surface area contributed by atoms with Gasteiger partial charge in [-0.05, 0) is 24.3 Å². The van der Waals surface area contributed by atoms with Crippen LogP contribution >= 0.6 is 0 Å². The van der Waals surface area contributed by atoms with Gasteiger partial charge in [0.05, 0.1) is 11.5 Å². The lowest BCUT2D eigenvalue weighted by Gasteiger charge is -2.06. The minimum absolute atomic E-state index is 0.243. The molecule has 0 aromatic carbocycles. The van der Waals surface area contributed by atoms with Gasteiger partial charge >= 0.3 is 0 Å². The lowest BCUT2D eigenvalue weighted by molar-refractivity contribution is 0.793. The van der Waals surface area contributed by atoms with Gasteiger partial charge in [0.25, 0.3) is 0 Å². The van der Waals surface area contributed by atoms with Crippen LogP contribution in [0.4, 0.5) is 0 Å². The van der Waals surface area contributed by atoms with Crippen molar-refractivity contribution in [2.24, 2.45) is 5.73 Å². The van der Waals surface area contributed by atoms with Crippen molar-refractivity contribution in [2.45, 2.75) is 46.0 Å². The summed E-state index contributed by atoms with van der Waals surface area (Å²) in [6, 6.07) is 0. The van der Waals surface area contributed by atoms with E-state index in [1.165, 1.54) is 11.3 Å². The number of amidine groups is 1. The summed E-state index contributed by atoms with van der Waals surface area (Å²) in [6.45, 7) is 6.37. The first-order valence-electron chi connectivity index (χ1n) is 5.45. The molecule has 0 unspecified atom stereocenters. The maximum Gasteiger partial charge on any atom is 0.0908 e. The quantitative estimate of drug-likeness (QED) is 0.511. The molecule has 0 bridgehead atoms. The molecule has 1 heterocycles. The monoisotopic (exact) mass is 208 g/mol. The van der Waals surface area contributed by atoms with E-state index in [1.807, 2.05) is 0 Å². The van der Waals surface area contributed by atoms with Gasteiger partial charge in [-0.3, -0.25) is 10.5 Å². The average Bonchev–Trinajstić information content (AvgIpc) is 2.57. The van der Waals surface area contributed by atoms with Crippen LogP contribution in [-0.2, 0) is 12.8 Å². The van der Waals surface area contributed by atoms with Crippen LogP contribution in [0.25, 0.3) is 0 Å². The van der Waals surface area contributed by atoms with E-state index in [2.05, 4.69) is 31.0 Å². The van der Waals surface area contributed by atoms with Crippen molar-refractivity contribution in [3.63, 3.8) is 0 Å². The van der Waals surface area contributed by atoms with Crippen LogP contribution in [0.1, 0.15) is 50.1 Å². The van der Waals surface area contributed by atoms with Gasteiger partial charge in [-0.2, -0.15) is 5.10 Å². The molecule has 84 valence electrons. The van der Waals surface area contributed by atoms with E-state index in [1.54, 1.807) is 0 Å². The zero-order chi connectivity index (χ0) is 11.4. The third-order valence-corrected chi connectivity index (χ3v) is 2.53. The molecule has 1 aromatic heterocycles. The number of nitrogens with two attached hydrogens (primary N) is 1. The van der Waals surface area contributed by atoms with Crippen molar-refractivity contribution in [1.82, 2.24) is 10.2 Å². The maximum atomic E-state index is 7.25. The standard InChI is InChI=1S/C11H20N4/c1-4-9-8(5-6-10(12)13)11(7(2)3)15-14-9/h7H,4-6H2,1-3H3,(H3,12,13)(H,14,15). The summed E-state index contributed by atoms with van der Waals surface area (Å²) in [5, 5.41) is 14.6. The summed E-state index contributed by atoms with van der Waals surface area (Å²) in [5.74, 6) is 0.663. The fraction of sp³-hybridized carbons (Fsp3) is 0.636. The largest absolute Gasteiger partial charge is 0.388 e. The Hall–Kier alpha value is -1.32. The molecule has 4 N–H and O–H groups in total.